The Morgan fingerprint density at radius 3 is 3.00 bits per heavy atom. The van der Waals surface area contributed by atoms with E-state index < -0.39 is 6.10 Å². The molecule has 0 spiro atoms. The van der Waals surface area contributed by atoms with Gasteiger partial charge in [-0.2, -0.15) is 0 Å². The van der Waals surface area contributed by atoms with Gasteiger partial charge in [0.15, 0.2) is 0 Å². The lowest BCUT2D eigenvalue weighted by Crippen LogP contribution is -2.46. The molecule has 1 aromatic carbocycles. The number of nitrogens with one attached hydrogen (secondary N) is 1. The molecule has 1 aromatic heterocycles. The van der Waals surface area contributed by atoms with Gasteiger partial charge in [-0.15, -0.1) is 6.58 Å². The topological polar surface area (TPSA) is 54.4 Å². The second kappa shape index (κ2) is 7.32. The molecule has 2 N–H and O–H groups in total. The first-order valence-corrected chi connectivity index (χ1v) is 8.64. The van der Waals surface area contributed by atoms with Crippen LogP contribution < -0.4 is 10.1 Å². The second-order valence-corrected chi connectivity index (χ2v) is 6.55. The van der Waals surface area contributed by atoms with Crippen molar-refractivity contribution in [2.24, 2.45) is 11.8 Å². The zero-order valence-electron chi connectivity index (χ0n) is 14.4. The molecule has 24 heavy (non-hydrogen) atoms. The third-order valence-electron chi connectivity index (χ3n) is 5.29. The van der Waals surface area contributed by atoms with Crippen molar-refractivity contribution in [3.05, 3.63) is 48.7 Å². The minimum Gasteiger partial charge on any atom is -0.497 e. The van der Waals surface area contributed by atoms with E-state index in [-0.39, 0.29) is 6.04 Å². The van der Waals surface area contributed by atoms with Crippen LogP contribution in [0.4, 0.5) is 0 Å². The van der Waals surface area contributed by atoms with Gasteiger partial charge < -0.3 is 15.2 Å². The van der Waals surface area contributed by atoms with Crippen LogP contribution in [0, 0.1) is 11.8 Å². The highest BCUT2D eigenvalue weighted by atomic mass is 16.5. The quantitative estimate of drug-likeness (QED) is 0.826. The number of aromatic nitrogens is 1. The number of pyridine rings is 1. The van der Waals surface area contributed by atoms with Crippen LogP contribution in [0.1, 0.15) is 31.4 Å². The van der Waals surface area contributed by atoms with Gasteiger partial charge >= 0.3 is 0 Å². The normalized spacial score (nSPS) is 25.4. The number of aliphatic hydroxyl groups excluding tert-OH is 1. The number of methoxy groups -OCH3 is 1. The maximum atomic E-state index is 11.0. The minimum atomic E-state index is -0.567. The lowest BCUT2D eigenvalue weighted by Gasteiger charge is -2.37. The molecule has 2 aromatic rings. The third kappa shape index (κ3) is 3.17. The number of hydrogen-bond donors (Lipinski definition) is 2. The van der Waals surface area contributed by atoms with E-state index in [9.17, 15) is 5.11 Å². The number of fused-ring (bicyclic) bond motifs is 1. The first kappa shape index (κ1) is 16.9. The number of ether oxygens (including phenoxy) is 1. The average Bonchev–Trinajstić information content (AvgIpc) is 2.65. The number of nitrogens with zero attached hydrogens (tertiary/aromatic N) is 1. The zero-order chi connectivity index (χ0) is 17.1. The molecule has 1 saturated heterocycles. The van der Waals surface area contributed by atoms with Gasteiger partial charge in [-0.1, -0.05) is 19.4 Å². The largest absolute Gasteiger partial charge is 0.497 e. The van der Waals surface area contributed by atoms with Crippen LogP contribution in [0.2, 0.25) is 0 Å². The maximum Gasteiger partial charge on any atom is 0.119 e. The zero-order valence-corrected chi connectivity index (χ0v) is 14.4. The first-order valence-electron chi connectivity index (χ1n) is 8.64. The Labute approximate surface area is 143 Å². The van der Waals surface area contributed by atoms with E-state index in [0.29, 0.717) is 11.8 Å². The van der Waals surface area contributed by atoms with Crippen molar-refractivity contribution in [3.8, 4) is 5.75 Å². The summed E-state index contributed by atoms with van der Waals surface area (Å²) in [5.74, 6) is 1.82. The summed E-state index contributed by atoms with van der Waals surface area (Å²) in [5, 5.41) is 15.5. The van der Waals surface area contributed by atoms with Gasteiger partial charge in [0.1, 0.15) is 5.75 Å². The molecule has 0 saturated carbocycles. The third-order valence-corrected chi connectivity index (χ3v) is 5.29. The average molecular weight is 326 g/mol. The minimum absolute atomic E-state index is 0.0444. The highest BCUT2D eigenvalue weighted by molar-refractivity contribution is 5.83. The van der Waals surface area contributed by atoms with Crippen LogP contribution in [0.25, 0.3) is 10.9 Å². The predicted molar refractivity (Wildman–Crippen MR) is 97.1 cm³/mol. The van der Waals surface area contributed by atoms with Crippen molar-refractivity contribution >= 4 is 10.9 Å². The van der Waals surface area contributed by atoms with E-state index in [0.717, 1.165) is 41.6 Å². The summed E-state index contributed by atoms with van der Waals surface area (Å²) in [6.45, 7) is 7.03. The number of rotatable bonds is 5. The summed E-state index contributed by atoms with van der Waals surface area (Å²) in [6.07, 6.45) is 5.29. The highest BCUT2D eigenvalue weighted by Crippen LogP contribution is 2.34. The van der Waals surface area contributed by atoms with Crippen molar-refractivity contribution in [2.75, 3.05) is 13.7 Å². The Morgan fingerprint density at radius 1 is 1.46 bits per heavy atom. The highest BCUT2D eigenvalue weighted by Gasteiger charge is 2.32. The van der Waals surface area contributed by atoms with Gasteiger partial charge in [0.2, 0.25) is 0 Å². The van der Waals surface area contributed by atoms with Crippen molar-refractivity contribution < 1.29 is 9.84 Å². The van der Waals surface area contributed by atoms with Gasteiger partial charge in [-0.05, 0) is 48.1 Å². The predicted octanol–water partition coefficient (Wildman–Crippen LogP) is 3.47. The number of aliphatic hydroxyl groups is 1. The van der Waals surface area contributed by atoms with Crippen LogP contribution in [-0.4, -0.2) is 29.8 Å². The molecule has 0 radical (unpaired) electrons. The second-order valence-electron chi connectivity index (χ2n) is 6.55. The van der Waals surface area contributed by atoms with Crippen molar-refractivity contribution in [1.29, 1.82) is 0 Å². The molecule has 3 rings (SSSR count). The van der Waals surface area contributed by atoms with Crippen molar-refractivity contribution in [2.45, 2.75) is 31.9 Å². The van der Waals surface area contributed by atoms with E-state index in [1.807, 2.05) is 30.3 Å². The molecule has 0 aliphatic carbocycles. The Bertz CT molecular complexity index is 716. The number of benzene rings is 1. The fourth-order valence-electron chi connectivity index (χ4n) is 3.77. The molecule has 4 nitrogen and oxygen atoms in total. The SMILES string of the molecule is C=C[C@H]1CN[C@@H]([C@@H](O)c2ccnc3ccc(OC)cc23)CC1CC. The lowest BCUT2D eigenvalue weighted by atomic mass is 9.79. The van der Waals surface area contributed by atoms with Gasteiger partial charge in [0.05, 0.1) is 18.7 Å². The number of piperidine rings is 1. The van der Waals surface area contributed by atoms with Crippen LogP contribution >= 0.6 is 0 Å². The van der Waals surface area contributed by atoms with Crippen LogP contribution in [0.3, 0.4) is 0 Å². The van der Waals surface area contributed by atoms with Crippen LogP contribution in [0.5, 0.6) is 5.75 Å². The molecular formula is C20H26N2O2. The molecule has 0 amide bonds. The fraction of sp³-hybridized carbons (Fsp3) is 0.450. The van der Waals surface area contributed by atoms with E-state index in [1.54, 1.807) is 13.3 Å². The van der Waals surface area contributed by atoms with Crippen molar-refractivity contribution in [1.82, 2.24) is 10.3 Å². The van der Waals surface area contributed by atoms with Gasteiger partial charge in [0.25, 0.3) is 0 Å². The van der Waals surface area contributed by atoms with Crippen LogP contribution in [-0.2, 0) is 0 Å². The Hall–Kier alpha value is -1.91. The smallest absolute Gasteiger partial charge is 0.119 e. The fourth-order valence-corrected chi connectivity index (χ4v) is 3.77. The van der Waals surface area contributed by atoms with E-state index >= 15 is 0 Å². The standard InChI is InChI=1S/C20H26N2O2/c1-4-13-10-19(22-12-14(13)5-2)20(23)16-8-9-21-18-7-6-15(24-3)11-17(16)18/h5-9,11,13-14,19-20,22-23H,2,4,10,12H2,1,3H3/t13?,14-,19+,20-/m0/s1. The van der Waals surface area contributed by atoms with E-state index in [4.69, 9.17) is 4.74 Å². The molecule has 1 aliphatic heterocycles. The summed E-state index contributed by atoms with van der Waals surface area (Å²) in [5.41, 5.74) is 1.78. The summed E-state index contributed by atoms with van der Waals surface area (Å²) >= 11 is 0. The molecule has 128 valence electrons. The Kier molecular flexibility index (Phi) is 5.17. The molecule has 1 fully saturated rings. The molecular weight excluding hydrogens is 300 g/mol. The van der Waals surface area contributed by atoms with Crippen LogP contribution in [0.15, 0.2) is 43.1 Å². The first-order chi connectivity index (χ1) is 11.7. The molecule has 2 heterocycles. The van der Waals surface area contributed by atoms with Gasteiger partial charge in [0, 0.05) is 24.2 Å². The van der Waals surface area contributed by atoms with Gasteiger partial charge in [-0.3, -0.25) is 4.98 Å². The Morgan fingerprint density at radius 2 is 2.29 bits per heavy atom. The number of hydrogen-bond acceptors (Lipinski definition) is 4. The molecule has 1 unspecified atom stereocenters. The maximum absolute atomic E-state index is 11.0. The summed E-state index contributed by atoms with van der Waals surface area (Å²) < 4.78 is 5.33. The lowest BCUT2D eigenvalue weighted by molar-refractivity contribution is 0.0874. The summed E-state index contributed by atoms with van der Waals surface area (Å²) in [7, 11) is 1.65. The summed E-state index contributed by atoms with van der Waals surface area (Å²) in [6, 6.07) is 7.73. The molecule has 4 heteroatoms. The monoisotopic (exact) mass is 326 g/mol. The Balaban J connectivity index is 1.91. The molecule has 1 aliphatic rings. The van der Waals surface area contributed by atoms with Gasteiger partial charge in [-0.25, -0.2) is 0 Å². The molecule has 4 atom stereocenters. The van der Waals surface area contributed by atoms with E-state index in [2.05, 4.69) is 23.8 Å². The van der Waals surface area contributed by atoms with E-state index in [1.165, 1.54) is 0 Å². The molecule has 0 bridgehead atoms. The van der Waals surface area contributed by atoms with Crippen molar-refractivity contribution in [3.63, 3.8) is 0 Å². The summed E-state index contributed by atoms with van der Waals surface area (Å²) in [4.78, 5) is 4.40.